The second kappa shape index (κ2) is 8.14. The molecule has 1 saturated heterocycles. The maximum atomic E-state index is 14.0. The van der Waals surface area contributed by atoms with Crippen LogP contribution in [0.15, 0.2) is 28.0 Å². The van der Waals surface area contributed by atoms with Gasteiger partial charge in [-0.1, -0.05) is 0 Å². The van der Waals surface area contributed by atoms with Crippen molar-refractivity contribution in [1.82, 2.24) is 4.90 Å². The second-order valence-electron chi connectivity index (χ2n) is 7.36. The third-order valence-electron chi connectivity index (χ3n) is 3.97. The Morgan fingerprint density at radius 1 is 1.35 bits per heavy atom. The van der Waals surface area contributed by atoms with Gasteiger partial charge >= 0.3 is 6.09 Å². The molecule has 146 valence electrons. The number of rotatable bonds is 4. The van der Waals surface area contributed by atoms with E-state index in [0.717, 1.165) is 18.9 Å². The number of sulfonamides is 1. The van der Waals surface area contributed by atoms with Crippen molar-refractivity contribution < 1.29 is 22.3 Å². The summed E-state index contributed by atoms with van der Waals surface area (Å²) in [6.07, 6.45) is 1.35. The number of amides is 1. The molecule has 0 atom stereocenters. The minimum absolute atomic E-state index is 0.231. The zero-order valence-electron chi connectivity index (χ0n) is 15.2. The van der Waals surface area contributed by atoms with E-state index in [-0.39, 0.29) is 11.0 Å². The Labute approximate surface area is 158 Å². The molecule has 1 amide bonds. The number of carbonyl (C=O) groups excluding carboxylic acids is 1. The Morgan fingerprint density at radius 2 is 1.96 bits per heavy atom. The Hall–Kier alpha value is -1.32. The summed E-state index contributed by atoms with van der Waals surface area (Å²) in [6.45, 7) is 6.75. The average molecular weight is 405 g/mol. The van der Waals surface area contributed by atoms with Gasteiger partial charge in [-0.05, 0) is 57.7 Å². The summed E-state index contributed by atoms with van der Waals surface area (Å²) in [4.78, 5) is 13.9. The lowest BCUT2D eigenvalue weighted by atomic mass is 9.99. The van der Waals surface area contributed by atoms with Crippen LogP contribution in [-0.2, 0) is 14.8 Å². The molecular formula is C17H25FN2O4S2. The molecule has 1 aromatic rings. The molecule has 9 heteroatoms. The van der Waals surface area contributed by atoms with E-state index in [1.165, 1.54) is 23.9 Å². The molecule has 1 fully saturated rings. The fourth-order valence-corrected chi connectivity index (χ4v) is 4.23. The first kappa shape index (κ1) is 21.0. The van der Waals surface area contributed by atoms with Crippen LogP contribution in [0.2, 0.25) is 0 Å². The third kappa shape index (κ3) is 6.14. The van der Waals surface area contributed by atoms with Crippen LogP contribution in [0.4, 0.5) is 9.18 Å². The molecule has 0 radical (unpaired) electrons. The largest absolute Gasteiger partial charge is 0.444 e. The molecule has 1 aliphatic heterocycles. The summed E-state index contributed by atoms with van der Waals surface area (Å²) in [5.74, 6) is 0.470. The van der Waals surface area contributed by atoms with Crippen molar-refractivity contribution in [1.29, 1.82) is 0 Å². The molecule has 0 spiro atoms. The van der Waals surface area contributed by atoms with E-state index < -0.39 is 21.4 Å². The fourth-order valence-electron chi connectivity index (χ4n) is 2.59. The Morgan fingerprint density at radius 3 is 2.46 bits per heavy atom. The average Bonchev–Trinajstić information content (AvgIpc) is 2.51. The molecule has 0 aromatic heterocycles. The van der Waals surface area contributed by atoms with Crippen molar-refractivity contribution >= 4 is 27.9 Å². The van der Waals surface area contributed by atoms with Gasteiger partial charge in [-0.2, -0.15) is 0 Å². The number of piperidine rings is 1. The van der Waals surface area contributed by atoms with E-state index >= 15 is 0 Å². The van der Waals surface area contributed by atoms with Crippen molar-refractivity contribution in [3.63, 3.8) is 0 Å². The number of ether oxygens (including phenoxy) is 1. The first-order valence-corrected chi connectivity index (χ1v) is 10.9. The zero-order valence-corrected chi connectivity index (χ0v) is 16.8. The highest BCUT2D eigenvalue weighted by molar-refractivity contribution is 7.99. The first-order chi connectivity index (χ1) is 12.0. The van der Waals surface area contributed by atoms with E-state index in [9.17, 15) is 17.6 Å². The van der Waals surface area contributed by atoms with E-state index in [4.69, 9.17) is 9.88 Å². The van der Waals surface area contributed by atoms with Gasteiger partial charge in [0.05, 0.1) is 4.90 Å². The van der Waals surface area contributed by atoms with Crippen LogP contribution >= 0.6 is 11.8 Å². The minimum atomic E-state index is -3.90. The fraction of sp³-hybridized carbons (Fsp3) is 0.588. The molecule has 0 unspecified atom stereocenters. The van der Waals surface area contributed by atoms with Crippen LogP contribution in [0, 0.1) is 11.7 Å². The van der Waals surface area contributed by atoms with Crippen LogP contribution in [0.25, 0.3) is 0 Å². The number of nitrogens with zero attached hydrogens (tertiary/aromatic N) is 1. The minimum Gasteiger partial charge on any atom is -0.444 e. The molecule has 0 aliphatic carbocycles. The van der Waals surface area contributed by atoms with Gasteiger partial charge in [-0.15, -0.1) is 11.8 Å². The van der Waals surface area contributed by atoms with Gasteiger partial charge in [0, 0.05) is 23.7 Å². The lowest BCUT2D eigenvalue weighted by Gasteiger charge is -2.33. The van der Waals surface area contributed by atoms with Gasteiger partial charge in [-0.25, -0.2) is 22.7 Å². The van der Waals surface area contributed by atoms with Gasteiger partial charge in [0.2, 0.25) is 10.0 Å². The highest BCUT2D eigenvalue weighted by Crippen LogP contribution is 2.29. The number of thioether (sulfide) groups is 1. The quantitative estimate of drug-likeness (QED) is 0.778. The summed E-state index contributed by atoms with van der Waals surface area (Å²) in [5.41, 5.74) is -0.509. The van der Waals surface area contributed by atoms with Crippen LogP contribution in [0.5, 0.6) is 0 Å². The molecule has 1 aliphatic rings. The number of hydrogen-bond donors (Lipinski definition) is 1. The number of carbonyl (C=O) groups is 1. The smallest absolute Gasteiger partial charge is 0.410 e. The number of nitrogens with two attached hydrogens (primary N) is 1. The van der Waals surface area contributed by atoms with Crippen molar-refractivity contribution in [2.45, 2.75) is 49.0 Å². The van der Waals surface area contributed by atoms with Gasteiger partial charge in [0.1, 0.15) is 11.4 Å². The second-order valence-corrected chi connectivity index (χ2v) is 9.98. The van der Waals surface area contributed by atoms with Gasteiger partial charge in [0.15, 0.2) is 0 Å². The number of hydrogen-bond acceptors (Lipinski definition) is 5. The van der Waals surface area contributed by atoms with E-state index in [2.05, 4.69) is 0 Å². The van der Waals surface area contributed by atoms with Crippen LogP contribution in [0.1, 0.15) is 33.6 Å². The normalized spacial score (nSPS) is 16.6. The number of halogens is 1. The molecule has 0 bridgehead atoms. The number of likely N-dealkylation sites (tertiary alicyclic amines) is 1. The Bertz CT molecular complexity index is 755. The number of primary sulfonamides is 1. The maximum Gasteiger partial charge on any atom is 0.410 e. The topological polar surface area (TPSA) is 89.7 Å². The molecular weight excluding hydrogens is 379 g/mol. The van der Waals surface area contributed by atoms with Gasteiger partial charge < -0.3 is 9.64 Å². The summed E-state index contributed by atoms with van der Waals surface area (Å²) >= 11 is 1.35. The Kier molecular flexibility index (Phi) is 6.57. The van der Waals surface area contributed by atoms with Crippen molar-refractivity contribution in [3.05, 3.63) is 24.0 Å². The lowest BCUT2D eigenvalue weighted by Crippen LogP contribution is -2.42. The van der Waals surface area contributed by atoms with Gasteiger partial charge in [0.25, 0.3) is 0 Å². The molecule has 0 saturated carbocycles. The summed E-state index contributed by atoms with van der Waals surface area (Å²) in [7, 11) is -3.90. The van der Waals surface area contributed by atoms with Crippen LogP contribution in [0.3, 0.4) is 0 Å². The van der Waals surface area contributed by atoms with E-state index in [0.29, 0.717) is 29.7 Å². The van der Waals surface area contributed by atoms with E-state index in [1.54, 1.807) is 4.90 Å². The number of benzene rings is 1. The van der Waals surface area contributed by atoms with Crippen molar-refractivity contribution in [2.24, 2.45) is 11.1 Å². The Balaban J connectivity index is 1.84. The van der Waals surface area contributed by atoms with Crippen LogP contribution < -0.4 is 5.14 Å². The van der Waals surface area contributed by atoms with Crippen molar-refractivity contribution in [3.8, 4) is 0 Å². The van der Waals surface area contributed by atoms with Gasteiger partial charge in [-0.3, -0.25) is 0 Å². The maximum absolute atomic E-state index is 14.0. The molecule has 26 heavy (non-hydrogen) atoms. The lowest BCUT2D eigenvalue weighted by molar-refractivity contribution is 0.0191. The SMILES string of the molecule is CC(C)(C)OC(=O)N1CCC(CSc2ccc(S(N)(=O)=O)cc2F)CC1. The third-order valence-corrected chi connectivity index (χ3v) is 6.16. The summed E-state index contributed by atoms with van der Waals surface area (Å²) in [5, 5.41) is 5.00. The highest BCUT2D eigenvalue weighted by Gasteiger charge is 2.27. The monoisotopic (exact) mass is 404 g/mol. The summed E-state index contributed by atoms with van der Waals surface area (Å²) in [6, 6.07) is 3.70. The molecule has 2 N–H and O–H groups in total. The predicted octanol–water partition coefficient (Wildman–Crippen LogP) is 3.21. The summed E-state index contributed by atoms with van der Waals surface area (Å²) < 4.78 is 41.9. The van der Waals surface area contributed by atoms with E-state index in [1.807, 2.05) is 20.8 Å². The first-order valence-electron chi connectivity index (χ1n) is 8.39. The molecule has 1 heterocycles. The molecule has 1 aromatic carbocycles. The predicted molar refractivity (Wildman–Crippen MR) is 99.0 cm³/mol. The highest BCUT2D eigenvalue weighted by atomic mass is 32.2. The molecule has 2 rings (SSSR count). The van der Waals surface area contributed by atoms with Crippen molar-refractivity contribution in [2.75, 3.05) is 18.8 Å². The van der Waals surface area contributed by atoms with Crippen LogP contribution in [-0.4, -0.2) is 43.9 Å². The zero-order chi connectivity index (χ0) is 19.5. The standard InChI is InChI=1S/C17H25FN2O4S2/c1-17(2,3)24-16(21)20-8-6-12(7-9-20)11-25-15-5-4-13(10-14(15)18)26(19,22)23/h4-5,10,12H,6-9,11H2,1-3H3,(H2,19,22,23). The molecule has 6 nitrogen and oxygen atoms in total.